The van der Waals surface area contributed by atoms with E-state index in [1.54, 1.807) is 0 Å². The summed E-state index contributed by atoms with van der Waals surface area (Å²) in [5.41, 5.74) is 0. The van der Waals surface area contributed by atoms with Crippen molar-refractivity contribution >= 4 is 32.2 Å². The number of amides is 3. The van der Waals surface area contributed by atoms with Crippen molar-refractivity contribution in [1.29, 1.82) is 0 Å². The van der Waals surface area contributed by atoms with Gasteiger partial charge in [-0.25, -0.2) is 21.6 Å². The average Bonchev–Trinajstić information content (AvgIpc) is 1.97. The number of carbonyl (C=O) groups excluding carboxylic acids is 2. The van der Waals surface area contributed by atoms with E-state index < -0.39 is 42.8 Å². The molecule has 100 valence electrons. The summed E-state index contributed by atoms with van der Waals surface area (Å²) in [7, 11) is -11.5. The molecule has 0 bridgehead atoms. The monoisotopic (exact) mass is 368 g/mol. The van der Waals surface area contributed by atoms with E-state index in [1.165, 1.54) is 10.6 Å². The van der Waals surface area contributed by atoms with Crippen LogP contribution in [0.4, 0.5) is 4.79 Å². The van der Waals surface area contributed by atoms with E-state index in [2.05, 4.69) is 0 Å². The Morgan fingerprint density at radius 2 is 1.37 bits per heavy atom. The van der Waals surface area contributed by atoms with E-state index in [1.807, 2.05) is 0 Å². The summed E-state index contributed by atoms with van der Waals surface area (Å²) < 4.78 is 60.6. The van der Waals surface area contributed by atoms with Crippen molar-refractivity contribution in [1.82, 2.24) is 10.6 Å². The number of carbonyl (C=O) groups is 2. The van der Waals surface area contributed by atoms with Crippen LogP contribution in [0.25, 0.3) is 0 Å². The summed E-state index contributed by atoms with van der Waals surface area (Å²) in [4.78, 5) is 21.5. The summed E-state index contributed by atoms with van der Waals surface area (Å²) in [6, 6.07) is -1.55. The van der Waals surface area contributed by atoms with E-state index in [-0.39, 0.29) is 108 Å². The second-order valence-corrected chi connectivity index (χ2v) is 6.31. The Morgan fingerprint density at radius 3 is 1.63 bits per heavy atom. The molecule has 1 aliphatic rings. The zero-order chi connectivity index (χ0) is 12.8. The summed E-state index contributed by atoms with van der Waals surface area (Å²) >= 11 is 0. The van der Waals surface area contributed by atoms with Crippen LogP contribution >= 0.6 is 0 Å². The second-order valence-electron chi connectivity index (χ2n) is 2.84. The van der Waals surface area contributed by atoms with Crippen LogP contribution in [0.15, 0.2) is 0 Å². The maximum absolute atomic E-state index is 10.8. The second kappa shape index (κ2) is 8.58. The summed E-state index contributed by atoms with van der Waals surface area (Å²) in [5, 5.41) is 2.65. The van der Waals surface area contributed by atoms with Crippen LogP contribution in [0.5, 0.6) is 0 Å². The van der Waals surface area contributed by atoms with Gasteiger partial charge in [0.25, 0.3) is 0 Å². The van der Waals surface area contributed by atoms with Crippen molar-refractivity contribution in [2.24, 2.45) is 0 Å². The molecule has 1 saturated heterocycles. The Hall–Kier alpha value is 1.99. The topological polar surface area (TPSA) is 204 Å². The molecular weight excluding hydrogens is 362 g/mol. The molecule has 3 amide bonds. The molecular formula is C4H6K2N2O9S2. The third-order valence-electron chi connectivity index (χ3n) is 1.76. The number of urea groups is 1. The van der Waals surface area contributed by atoms with Gasteiger partial charge in [0, 0.05) is 0 Å². The van der Waals surface area contributed by atoms with Crippen molar-refractivity contribution in [3.8, 4) is 0 Å². The fourth-order valence-electron chi connectivity index (χ4n) is 1.06. The molecule has 1 rings (SSSR count). The van der Waals surface area contributed by atoms with Gasteiger partial charge in [0.15, 0.2) is 0 Å². The van der Waals surface area contributed by atoms with Crippen molar-refractivity contribution in [2.45, 2.75) is 10.6 Å². The molecule has 11 nitrogen and oxygen atoms in total. The Morgan fingerprint density at radius 1 is 1.00 bits per heavy atom. The molecule has 0 saturated carbocycles. The van der Waals surface area contributed by atoms with Crippen molar-refractivity contribution in [3.63, 3.8) is 0 Å². The first-order valence-corrected chi connectivity index (χ1v) is 6.34. The number of hydrogen-bond acceptors (Lipinski definition) is 8. The molecule has 4 N–H and O–H groups in total. The van der Waals surface area contributed by atoms with E-state index in [0.717, 1.165) is 0 Å². The minimum Gasteiger partial charge on any atom is -0.745 e. The van der Waals surface area contributed by atoms with Crippen LogP contribution in [0.2, 0.25) is 0 Å². The van der Waals surface area contributed by atoms with Gasteiger partial charge in [-0.05, 0) is 0 Å². The fourth-order valence-corrected chi connectivity index (χ4v) is 3.11. The van der Waals surface area contributed by atoms with E-state index >= 15 is 0 Å². The Balaban J connectivity index is -0.000000853. The zero-order valence-electron chi connectivity index (χ0n) is 9.79. The standard InChI is InChI=1S/C4H6N2O8S2.2K.H2O/c7-2-1-4(15(9,10)11,16(12,13)14)6-3(8)5-2;;;/h1H2,(H,9,10,11)(H,12,13,14)(H2,5,6,7,8);;;1H2/q;2*+1;/p-2. The van der Waals surface area contributed by atoms with Crippen LogP contribution in [0, 0.1) is 0 Å². The Bertz CT molecular complexity index is 505. The molecule has 1 fully saturated rings. The maximum Gasteiger partial charge on any atom is 1.00 e. The van der Waals surface area contributed by atoms with E-state index in [4.69, 9.17) is 0 Å². The first-order valence-electron chi connectivity index (χ1n) is 3.52. The van der Waals surface area contributed by atoms with Gasteiger partial charge in [-0.3, -0.25) is 10.1 Å². The van der Waals surface area contributed by atoms with Crippen molar-refractivity contribution in [2.75, 3.05) is 0 Å². The largest absolute Gasteiger partial charge is 1.00 e. The first-order chi connectivity index (χ1) is 6.99. The quantitative estimate of drug-likeness (QED) is 0.352. The number of hydrogen-bond donors (Lipinski definition) is 2. The fraction of sp³-hybridized carbons (Fsp3) is 0.500. The zero-order valence-corrected chi connectivity index (χ0v) is 17.7. The third-order valence-corrected chi connectivity index (χ3v) is 5.09. The SMILES string of the molecule is O.O=C1CC(S(=O)(=O)[O-])(S(=O)(=O)[O-])NC(=O)N1.[K+].[K+]. The molecule has 0 unspecified atom stereocenters. The summed E-state index contributed by atoms with van der Waals surface area (Å²) in [5.74, 6) is -1.36. The minimum atomic E-state index is -5.75. The van der Waals surface area contributed by atoms with Gasteiger partial charge in [-0.1, -0.05) is 0 Å². The molecule has 0 aromatic carbocycles. The van der Waals surface area contributed by atoms with Gasteiger partial charge in [0.05, 0.1) is 6.42 Å². The molecule has 0 atom stereocenters. The minimum absolute atomic E-state index is 0. The maximum atomic E-state index is 10.8. The molecule has 19 heavy (non-hydrogen) atoms. The van der Waals surface area contributed by atoms with Crippen LogP contribution < -0.4 is 113 Å². The van der Waals surface area contributed by atoms with Gasteiger partial charge < -0.3 is 19.9 Å². The normalized spacial score (nSPS) is 17.8. The molecule has 0 radical (unpaired) electrons. The molecule has 0 aromatic heterocycles. The van der Waals surface area contributed by atoms with Gasteiger partial charge in [0.1, 0.15) is 20.2 Å². The van der Waals surface area contributed by atoms with Crippen molar-refractivity contribution < 1.29 is 144 Å². The molecule has 0 aromatic rings. The Labute approximate surface area is 193 Å². The first kappa shape index (κ1) is 25.9. The number of rotatable bonds is 2. The number of imide groups is 1. The summed E-state index contributed by atoms with van der Waals surface area (Å²) in [6.45, 7) is 0. The van der Waals surface area contributed by atoms with E-state index in [0.29, 0.717) is 0 Å². The third kappa shape index (κ3) is 5.60. The molecule has 1 heterocycles. The molecule has 0 aliphatic carbocycles. The van der Waals surface area contributed by atoms with Gasteiger partial charge >= 0.3 is 109 Å². The smallest absolute Gasteiger partial charge is 0.745 e. The summed E-state index contributed by atoms with van der Waals surface area (Å²) in [6.07, 6.45) is -1.48. The Kier molecular flexibility index (Phi) is 11.7. The van der Waals surface area contributed by atoms with Crippen LogP contribution in [0.1, 0.15) is 6.42 Å². The van der Waals surface area contributed by atoms with Crippen LogP contribution in [0.3, 0.4) is 0 Å². The average molecular weight is 368 g/mol. The van der Waals surface area contributed by atoms with Crippen LogP contribution in [-0.4, -0.2) is 47.6 Å². The predicted molar refractivity (Wildman–Crippen MR) is 47.0 cm³/mol. The predicted octanol–water partition coefficient (Wildman–Crippen LogP) is -9.86. The van der Waals surface area contributed by atoms with Crippen molar-refractivity contribution in [3.05, 3.63) is 0 Å². The molecule has 1 aliphatic heterocycles. The van der Waals surface area contributed by atoms with Gasteiger partial charge in [-0.15, -0.1) is 0 Å². The molecule has 15 heteroatoms. The molecule has 0 spiro atoms. The van der Waals surface area contributed by atoms with Gasteiger partial charge in [-0.2, -0.15) is 0 Å². The van der Waals surface area contributed by atoms with E-state index in [9.17, 15) is 35.5 Å². The van der Waals surface area contributed by atoms with Crippen LogP contribution in [-0.2, 0) is 25.0 Å². The van der Waals surface area contributed by atoms with Gasteiger partial charge in [0.2, 0.25) is 10.1 Å². The number of nitrogens with one attached hydrogen (secondary N) is 2.